The van der Waals surface area contributed by atoms with E-state index < -0.39 is 0 Å². The number of benzene rings is 2. The summed E-state index contributed by atoms with van der Waals surface area (Å²) in [7, 11) is 0. The number of unbranched alkanes of at least 4 members (excludes halogenated alkanes) is 2. The molecule has 1 amide bonds. The van der Waals surface area contributed by atoms with E-state index in [1.807, 2.05) is 44.2 Å². The molecule has 0 aromatic heterocycles. The van der Waals surface area contributed by atoms with Crippen LogP contribution in [0.5, 0.6) is 0 Å². The fourth-order valence-corrected chi connectivity index (χ4v) is 5.79. The first-order valence-corrected chi connectivity index (χ1v) is 14.1. The van der Waals surface area contributed by atoms with Crippen molar-refractivity contribution in [2.75, 3.05) is 19.6 Å². The van der Waals surface area contributed by atoms with Crippen molar-refractivity contribution in [2.45, 2.75) is 64.8 Å². The standard InChI is InChI=1S/C33H39N3OS/c1-7-10-11-16-35-20-29-26(9-3)32(34-30(29)21-35)28-17-23(6)27(18-31(28)38)33(37)36(22(4)5)19-25-14-12-24(8-2)13-15-25/h2,12-15,17-18,26,38H,4,7,9-11,16,19-21H2,1,3,5-6H3. The molecule has 0 fully saturated rings. The number of thiol groups is 1. The van der Waals surface area contributed by atoms with E-state index in [9.17, 15) is 4.79 Å². The first kappa shape index (κ1) is 28.0. The molecule has 2 aromatic carbocycles. The highest BCUT2D eigenvalue weighted by Crippen LogP contribution is 2.38. The molecule has 0 spiro atoms. The fourth-order valence-electron chi connectivity index (χ4n) is 5.49. The summed E-state index contributed by atoms with van der Waals surface area (Å²) in [5.74, 6) is 2.86. The minimum atomic E-state index is -0.0818. The Labute approximate surface area is 233 Å². The molecule has 2 aliphatic rings. The van der Waals surface area contributed by atoms with Crippen molar-refractivity contribution in [3.63, 3.8) is 0 Å². The van der Waals surface area contributed by atoms with Gasteiger partial charge in [0.1, 0.15) is 0 Å². The predicted octanol–water partition coefficient (Wildman–Crippen LogP) is 7.03. The molecule has 198 valence electrons. The molecule has 0 saturated heterocycles. The SMILES string of the molecule is C#Cc1ccc(CN(C(=C)C)C(=O)c2cc(S)c(C3=NC4=C(CN(CCCCC)C4)C3CC)cc2C)cc1. The van der Waals surface area contributed by atoms with Gasteiger partial charge in [-0.3, -0.25) is 14.7 Å². The Morgan fingerprint density at radius 3 is 2.58 bits per heavy atom. The second-order valence-corrected chi connectivity index (χ2v) is 11.0. The fraction of sp³-hybridized carbons (Fsp3) is 0.394. The van der Waals surface area contributed by atoms with Gasteiger partial charge in [-0.25, -0.2) is 0 Å². The molecule has 2 aliphatic heterocycles. The van der Waals surface area contributed by atoms with E-state index in [1.54, 1.807) is 4.90 Å². The minimum absolute atomic E-state index is 0.0818. The molecular weight excluding hydrogens is 486 g/mol. The summed E-state index contributed by atoms with van der Waals surface area (Å²) in [6, 6.07) is 11.7. The number of hydrogen-bond donors (Lipinski definition) is 1. The second kappa shape index (κ2) is 12.2. The van der Waals surface area contributed by atoms with Crippen LogP contribution in [0.2, 0.25) is 0 Å². The highest BCUT2D eigenvalue weighted by Gasteiger charge is 2.36. The summed E-state index contributed by atoms with van der Waals surface area (Å²) < 4.78 is 0. The minimum Gasteiger partial charge on any atom is -0.309 e. The predicted molar refractivity (Wildman–Crippen MR) is 161 cm³/mol. The third-order valence-corrected chi connectivity index (χ3v) is 8.02. The zero-order valence-corrected chi connectivity index (χ0v) is 24.1. The topological polar surface area (TPSA) is 35.9 Å². The average Bonchev–Trinajstić information content (AvgIpc) is 3.45. The summed E-state index contributed by atoms with van der Waals surface area (Å²) in [4.78, 5) is 23.9. The van der Waals surface area contributed by atoms with Crippen LogP contribution >= 0.6 is 12.6 Å². The Bertz CT molecular complexity index is 1330. The van der Waals surface area contributed by atoms with Crippen LogP contribution in [0.4, 0.5) is 0 Å². The Hall–Kier alpha value is -3.07. The number of aryl methyl sites for hydroxylation is 1. The van der Waals surface area contributed by atoms with E-state index in [4.69, 9.17) is 24.0 Å². The van der Waals surface area contributed by atoms with Gasteiger partial charge in [-0.2, -0.15) is 0 Å². The number of allylic oxidation sites excluding steroid dienone is 1. The maximum Gasteiger partial charge on any atom is 0.258 e. The maximum absolute atomic E-state index is 13.7. The van der Waals surface area contributed by atoms with Crippen LogP contribution in [-0.4, -0.2) is 41.1 Å². The molecule has 1 atom stereocenters. The Kier molecular flexibility index (Phi) is 8.97. The molecule has 38 heavy (non-hydrogen) atoms. The number of nitrogens with zero attached hydrogens (tertiary/aromatic N) is 3. The van der Waals surface area contributed by atoms with Gasteiger partial charge in [0, 0.05) is 46.3 Å². The van der Waals surface area contributed by atoms with Crippen molar-refractivity contribution in [2.24, 2.45) is 10.9 Å². The smallest absolute Gasteiger partial charge is 0.258 e. The molecular formula is C33H39N3OS. The molecule has 4 rings (SSSR count). The van der Waals surface area contributed by atoms with Gasteiger partial charge in [0.25, 0.3) is 5.91 Å². The van der Waals surface area contributed by atoms with Crippen molar-refractivity contribution >= 4 is 24.2 Å². The number of hydrogen-bond acceptors (Lipinski definition) is 4. The van der Waals surface area contributed by atoms with Gasteiger partial charge >= 0.3 is 0 Å². The number of terminal acetylenes is 1. The van der Waals surface area contributed by atoms with Gasteiger partial charge in [-0.15, -0.1) is 19.1 Å². The van der Waals surface area contributed by atoms with Gasteiger partial charge in [0.2, 0.25) is 0 Å². The van der Waals surface area contributed by atoms with E-state index in [0.29, 0.717) is 23.7 Å². The Morgan fingerprint density at radius 2 is 1.95 bits per heavy atom. The quantitative estimate of drug-likeness (QED) is 0.205. The highest BCUT2D eigenvalue weighted by molar-refractivity contribution is 7.80. The first-order chi connectivity index (χ1) is 18.3. The summed E-state index contributed by atoms with van der Waals surface area (Å²) in [5, 5.41) is 0. The molecule has 2 aromatic rings. The summed E-state index contributed by atoms with van der Waals surface area (Å²) in [6.07, 6.45) is 10.3. The lowest BCUT2D eigenvalue weighted by atomic mass is 9.88. The zero-order chi connectivity index (χ0) is 27.4. The van der Waals surface area contributed by atoms with Crippen LogP contribution in [0.25, 0.3) is 0 Å². The normalized spacial score (nSPS) is 16.8. The number of amides is 1. The van der Waals surface area contributed by atoms with Crippen molar-refractivity contribution in [3.05, 3.63) is 87.8 Å². The van der Waals surface area contributed by atoms with Crippen molar-refractivity contribution < 1.29 is 4.79 Å². The summed E-state index contributed by atoms with van der Waals surface area (Å²) in [5.41, 5.74) is 8.89. The number of carbonyl (C=O) groups is 1. The number of aliphatic imine (C=N–C) groups is 1. The van der Waals surface area contributed by atoms with Crippen LogP contribution < -0.4 is 0 Å². The largest absolute Gasteiger partial charge is 0.309 e. The number of carbonyl (C=O) groups excluding carboxylic acids is 1. The molecule has 0 radical (unpaired) electrons. The van der Waals surface area contributed by atoms with Gasteiger partial charge in [-0.05, 0) is 74.2 Å². The van der Waals surface area contributed by atoms with Gasteiger partial charge < -0.3 is 4.90 Å². The average molecular weight is 526 g/mol. The molecule has 4 nitrogen and oxygen atoms in total. The maximum atomic E-state index is 13.7. The first-order valence-electron chi connectivity index (χ1n) is 13.7. The third-order valence-electron chi connectivity index (χ3n) is 7.65. The van der Waals surface area contributed by atoms with Crippen LogP contribution in [0.1, 0.15) is 79.1 Å². The van der Waals surface area contributed by atoms with Crippen LogP contribution in [0.15, 0.2) is 69.8 Å². The zero-order valence-electron chi connectivity index (χ0n) is 23.2. The van der Waals surface area contributed by atoms with E-state index in [2.05, 4.69) is 37.3 Å². The van der Waals surface area contributed by atoms with Crippen molar-refractivity contribution in [1.29, 1.82) is 0 Å². The highest BCUT2D eigenvalue weighted by atomic mass is 32.1. The lowest BCUT2D eigenvalue weighted by Gasteiger charge is -2.25. The molecule has 0 bridgehead atoms. The van der Waals surface area contributed by atoms with E-state index in [-0.39, 0.29) is 5.91 Å². The van der Waals surface area contributed by atoms with Crippen molar-refractivity contribution in [3.8, 4) is 12.3 Å². The number of rotatable bonds is 10. The van der Waals surface area contributed by atoms with Crippen LogP contribution in [0.3, 0.4) is 0 Å². The van der Waals surface area contributed by atoms with Crippen LogP contribution in [-0.2, 0) is 6.54 Å². The van der Waals surface area contributed by atoms with Gasteiger partial charge in [0.15, 0.2) is 0 Å². The van der Waals surface area contributed by atoms with E-state index >= 15 is 0 Å². The molecule has 2 heterocycles. The Morgan fingerprint density at radius 1 is 1.21 bits per heavy atom. The van der Waals surface area contributed by atoms with E-state index in [0.717, 1.165) is 58.9 Å². The third kappa shape index (κ3) is 5.82. The van der Waals surface area contributed by atoms with Gasteiger partial charge in [0.05, 0.1) is 18.0 Å². The monoisotopic (exact) mass is 525 g/mol. The van der Waals surface area contributed by atoms with Crippen LogP contribution in [0, 0.1) is 25.2 Å². The van der Waals surface area contributed by atoms with E-state index in [1.165, 1.54) is 30.5 Å². The molecule has 5 heteroatoms. The Balaban J connectivity index is 1.56. The van der Waals surface area contributed by atoms with Crippen molar-refractivity contribution in [1.82, 2.24) is 9.80 Å². The molecule has 1 unspecified atom stereocenters. The molecule has 0 saturated carbocycles. The lowest BCUT2D eigenvalue weighted by Crippen LogP contribution is -2.29. The second-order valence-electron chi connectivity index (χ2n) is 10.5. The molecule has 0 aliphatic carbocycles. The summed E-state index contributed by atoms with van der Waals surface area (Å²) in [6.45, 7) is 15.9. The van der Waals surface area contributed by atoms with Gasteiger partial charge in [-0.1, -0.05) is 51.3 Å². The molecule has 0 N–H and O–H groups in total. The summed E-state index contributed by atoms with van der Waals surface area (Å²) >= 11 is 4.86. The lowest BCUT2D eigenvalue weighted by molar-refractivity contribution is 0.0796.